The third-order valence-electron chi connectivity index (χ3n) is 1.89. The van der Waals surface area contributed by atoms with Crippen molar-refractivity contribution in [2.24, 2.45) is 0 Å². The molecule has 1 aromatic carbocycles. The van der Waals surface area contributed by atoms with Crippen molar-refractivity contribution in [1.29, 1.82) is 0 Å². The lowest BCUT2D eigenvalue weighted by atomic mass is 10.3. The topological polar surface area (TPSA) is 78.4 Å². The van der Waals surface area contributed by atoms with Gasteiger partial charge in [-0.15, -0.1) is 0 Å². The predicted molar refractivity (Wildman–Crippen MR) is 59.7 cm³/mol. The zero-order valence-corrected chi connectivity index (χ0v) is 9.24. The molecule has 0 aromatic heterocycles. The number of hydrogen-bond acceptors (Lipinski definition) is 3. The SMILES string of the molecule is CC(O)CNC(=O)C(=O)Nc1ccccc1F. The smallest absolute Gasteiger partial charge is 0.313 e. The third-order valence-corrected chi connectivity index (χ3v) is 1.89. The molecule has 2 amide bonds. The Balaban J connectivity index is 2.55. The number of rotatable bonds is 3. The summed E-state index contributed by atoms with van der Waals surface area (Å²) in [5.41, 5.74) is -0.0651. The number of halogens is 1. The molecule has 1 atom stereocenters. The number of aliphatic hydroxyl groups excluding tert-OH is 1. The lowest BCUT2D eigenvalue weighted by molar-refractivity contribution is -0.136. The van der Waals surface area contributed by atoms with Gasteiger partial charge < -0.3 is 15.7 Å². The highest BCUT2D eigenvalue weighted by molar-refractivity contribution is 6.39. The Morgan fingerprint density at radius 3 is 2.59 bits per heavy atom. The van der Waals surface area contributed by atoms with Crippen molar-refractivity contribution in [1.82, 2.24) is 5.32 Å². The molecule has 1 rings (SSSR count). The van der Waals surface area contributed by atoms with Crippen molar-refractivity contribution < 1.29 is 19.1 Å². The first-order chi connectivity index (χ1) is 8.00. The second-order valence-corrected chi connectivity index (χ2v) is 3.49. The van der Waals surface area contributed by atoms with E-state index in [2.05, 4.69) is 10.6 Å². The van der Waals surface area contributed by atoms with Crippen LogP contribution in [0.4, 0.5) is 10.1 Å². The summed E-state index contributed by atoms with van der Waals surface area (Å²) in [6, 6.07) is 5.52. The summed E-state index contributed by atoms with van der Waals surface area (Å²) in [4.78, 5) is 22.5. The molecule has 0 saturated heterocycles. The van der Waals surface area contributed by atoms with Gasteiger partial charge in [0.05, 0.1) is 11.8 Å². The van der Waals surface area contributed by atoms with Crippen LogP contribution in [0.5, 0.6) is 0 Å². The second-order valence-electron chi connectivity index (χ2n) is 3.49. The van der Waals surface area contributed by atoms with Gasteiger partial charge in [0.1, 0.15) is 5.82 Å². The van der Waals surface area contributed by atoms with Gasteiger partial charge in [0, 0.05) is 6.54 Å². The molecule has 0 aliphatic heterocycles. The fourth-order valence-electron chi connectivity index (χ4n) is 1.06. The zero-order chi connectivity index (χ0) is 12.8. The molecule has 0 radical (unpaired) electrons. The third kappa shape index (κ3) is 4.20. The molecule has 0 spiro atoms. The molecule has 17 heavy (non-hydrogen) atoms. The summed E-state index contributed by atoms with van der Waals surface area (Å²) in [5, 5.41) is 13.2. The van der Waals surface area contributed by atoms with Gasteiger partial charge in [-0.3, -0.25) is 9.59 Å². The number of aliphatic hydroxyl groups is 1. The summed E-state index contributed by atoms with van der Waals surface area (Å²) in [5.74, 6) is -2.52. The molecule has 6 heteroatoms. The molecule has 0 bridgehead atoms. The second kappa shape index (κ2) is 5.95. The summed E-state index contributed by atoms with van der Waals surface area (Å²) in [6.07, 6.45) is -0.750. The van der Waals surface area contributed by atoms with E-state index in [-0.39, 0.29) is 12.2 Å². The lowest BCUT2D eigenvalue weighted by Crippen LogP contribution is -2.38. The molecule has 0 fully saturated rings. The van der Waals surface area contributed by atoms with Crippen molar-refractivity contribution in [2.75, 3.05) is 11.9 Å². The number of hydrogen-bond donors (Lipinski definition) is 3. The molecular formula is C11H13FN2O3. The fraction of sp³-hybridized carbons (Fsp3) is 0.273. The van der Waals surface area contributed by atoms with E-state index < -0.39 is 23.7 Å². The summed E-state index contributed by atoms with van der Waals surface area (Å²) >= 11 is 0. The molecule has 0 heterocycles. The van der Waals surface area contributed by atoms with E-state index in [4.69, 9.17) is 5.11 Å². The van der Waals surface area contributed by atoms with Crippen molar-refractivity contribution in [3.63, 3.8) is 0 Å². The van der Waals surface area contributed by atoms with E-state index in [0.29, 0.717) is 0 Å². The Bertz CT molecular complexity index is 421. The Kier molecular flexibility index (Phi) is 4.59. The molecule has 92 valence electrons. The molecule has 1 aromatic rings. The predicted octanol–water partition coefficient (Wildman–Crippen LogP) is 0.261. The van der Waals surface area contributed by atoms with E-state index in [0.717, 1.165) is 0 Å². The number of carbonyl (C=O) groups excluding carboxylic acids is 2. The monoisotopic (exact) mass is 240 g/mol. The molecule has 0 aliphatic carbocycles. The van der Waals surface area contributed by atoms with Gasteiger partial charge in [-0.2, -0.15) is 0 Å². The van der Waals surface area contributed by atoms with Crippen LogP contribution in [0.3, 0.4) is 0 Å². The standard InChI is InChI=1S/C11H13FN2O3/c1-7(15)6-13-10(16)11(17)14-9-5-3-2-4-8(9)12/h2-5,7,15H,6H2,1H3,(H,13,16)(H,14,17). The average molecular weight is 240 g/mol. The van der Waals surface area contributed by atoms with Gasteiger partial charge in [0.15, 0.2) is 0 Å². The minimum Gasteiger partial charge on any atom is -0.392 e. The maximum absolute atomic E-state index is 13.1. The van der Waals surface area contributed by atoms with Crippen molar-refractivity contribution in [3.8, 4) is 0 Å². The number of anilines is 1. The minimum absolute atomic E-state index is 0.0382. The number of carbonyl (C=O) groups is 2. The van der Waals surface area contributed by atoms with Crippen LogP contribution in [0.15, 0.2) is 24.3 Å². The fourth-order valence-corrected chi connectivity index (χ4v) is 1.06. The van der Waals surface area contributed by atoms with Gasteiger partial charge in [-0.1, -0.05) is 12.1 Å². The highest BCUT2D eigenvalue weighted by Gasteiger charge is 2.15. The number of amides is 2. The van der Waals surface area contributed by atoms with Crippen LogP contribution < -0.4 is 10.6 Å². The highest BCUT2D eigenvalue weighted by Crippen LogP contribution is 2.11. The van der Waals surface area contributed by atoms with Crippen LogP contribution in [-0.2, 0) is 9.59 Å². The Hall–Kier alpha value is -1.95. The van der Waals surface area contributed by atoms with E-state index in [1.807, 2.05) is 0 Å². The lowest BCUT2D eigenvalue weighted by Gasteiger charge is -2.08. The Labute approximate surface area is 97.6 Å². The van der Waals surface area contributed by atoms with Crippen LogP contribution in [0, 0.1) is 5.82 Å². The normalized spacial score (nSPS) is 11.7. The quantitative estimate of drug-likeness (QED) is 0.663. The van der Waals surface area contributed by atoms with E-state index in [9.17, 15) is 14.0 Å². The molecule has 1 unspecified atom stereocenters. The van der Waals surface area contributed by atoms with Gasteiger partial charge >= 0.3 is 11.8 Å². The first kappa shape index (κ1) is 13.1. The first-order valence-corrected chi connectivity index (χ1v) is 5.02. The summed E-state index contributed by atoms with van der Waals surface area (Å²) in [6.45, 7) is 1.43. The Morgan fingerprint density at radius 2 is 2.00 bits per heavy atom. The van der Waals surface area contributed by atoms with Crippen LogP contribution in [0.25, 0.3) is 0 Å². The van der Waals surface area contributed by atoms with Gasteiger partial charge in [0.2, 0.25) is 0 Å². The van der Waals surface area contributed by atoms with Crippen LogP contribution in [-0.4, -0.2) is 29.6 Å². The largest absolute Gasteiger partial charge is 0.392 e. The van der Waals surface area contributed by atoms with E-state index in [1.54, 1.807) is 0 Å². The number of benzene rings is 1. The molecule has 3 N–H and O–H groups in total. The highest BCUT2D eigenvalue weighted by atomic mass is 19.1. The molecular weight excluding hydrogens is 227 g/mol. The summed E-state index contributed by atoms with van der Waals surface area (Å²) in [7, 11) is 0. The number of nitrogens with one attached hydrogen (secondary N) is 2. The van der Waals surface area contributed by atoms with Crippen LogP contribution in [0.1, 0.15) is 6.92 Å². The molecule has 0 aliphatic rings. The molecule has 0 saturated carbocycles. The van der Waals surface area contributed by atoms with Gasteiger partial charge in [-0.05, 0) is 19.1 Å². The zero-order valence-electron chi connectivity index (χ0n) is 9.24. The maximum atomic E-state index is 13.1. The van der Waals surface area contributed by atoms with Crippen molar-refractivity contribution >= 4 is 17.5 Å². The van der Waals surface area contributed by atoms with E-state index >= 15 is 0 Å². The average Bonchev–Trinajstić information content (AvgIpc) is 2.28. The van der Waals surface area contributed by atoms with Gasteiger partial charge in [0.25, 0.3) is 0 Å². The molecule has 5 nitrogen and oxygen atoms in total. The number of para-hydroxylation sites is 1. The first-order valence-electron chi connectivity index (χ1n) is 5.02. The van der Waals surface area contributed by atoms with Gasteiger partial charge in [-0.25, -0.2) is 4.39 Å². The van der Waals surface area contributed by atoms with Crippen LogP contribution >= 0.6 is 0 Å². The van der Waals surface area contributed by atoms with Crippen molar-refractivity contribution in [3.05, 3.63) is 30.1 Å². The minimum atomic E-state index is -0.976. The maximum Gasteiger partial charge on any atom is 0.313 e. The van der Waals surface area contributed by atoms with Crippen LogP contribution in [0.2, 0.25) is 0 Å². The Morgan fingerprint density at radius 1 is 1.35 bits per heavy atom. The van der Waals surface area contributed by atoms with Crippen molar-refractivity contribution in [2.45, 2.75) is 13.0 Å². The van der Waals surface area contributed by atoms with E-state index in [1.165, 1.54) is 31.2 Å². The summed E-state index contributed by atoms with van der Waals surface area (Å²) < 4.78 is 13.1.